The van der Waals surface area contributed by atoms with E-state index in [1.807, 2.05) is 43.5 Å². The van der Waals surface area contributed by atoms with E-state index in [1.54, 1.807) is 10.9 Å². The number of rotatable bonds is 6. The number of benzene rings is 1. The third-order valence-electron chi connectivity index (χ3n) is 3.30. The van der Waals surface area contributed by atoms with Crippen molar-refractivity contribution in [3.05, 3.63) is 42.7 Å². The molecule has 106 valence electrons. The Bertz CT molecular complexity index is 530. The van der Waals surface area contributed by atoms with Crippen molar-refractivity contribution in [2.24, 2.45) is 11.7 Å². The fourth-order valence-corrected chi connectivity index (χ4v) is 1.99. The molecule has 0 saturated heterocycles. The molecular weight excluding hydrogens is 252 g/mol. The SMILES string of the molecule is CCC(CN)CC(=O)Nc1ccc(-n2cccn2)cc1. The Morgan fingerprint density at radius 2 is 2.15 bits per heavy atom. The highest BCUT2D eigenvalue weighted by atomic mass is 16.1. The van der Waals surface area contributed by atoms with Crippen molar-refractivity contribution in [1.29, 1.82) is 0 Å². The Balaban J connectivity index is 1.95. The minimum Gasteiger partial charge on any atom is -0.330 e. The predicted octanol–water partition coefficient (Wildman–Crippen LogP) is 2.19. The molecule has 0 fully saturated rings. The van der Waals surface area contributed by atoms with Crippen molar-refractivity contribution in [2.75, 3.05) is 11.9 Å². The van der Waals surface area contributed by atoms with Gasteiger partial charge in [0.2, 0.25) is 5.91 Å². The number of nitrogens with one attached hydrogen (secondary N) is 1. The minimum atomic E-state index is 0.00846. The summed E-state index contributed by atoms with van der Waals surface area (Å²) in [6, 6.07) is 9.45. The van der Waals surface area contributed by atoms with Crippen LogP contribution in [0.25, 0.3) is 5.69 Å². The maximum atomic E-state index is 11.9. The quantitative estimate of drug-likeness (QED) is 0.846. The number of carbonyl (C=O) groups is 1. The Kier molecular flexibility index (Phi) is 4.90. The second-order valence-electron chi connectivity index (χ2n) is 4.76. The van der Waals surface area contributed by atoms with E-state index in [1.165, 1.54) is 0 Å². The van der Waals surface area contributed by atoms with Crippen molar-refractivity contribution in [3.63, 3.8) is 0 Å². The van der Waals surface area contributed by atoms with E-state index in [4.69, 9.17) is 5.73 Å². The molecule has 1 unspecified atom stereocenters. The van der Waals surface area contributed by atoms with Crippen molar-refractivity contribution < 1.29 is 4.79 Å². The van der Waals surface area contributed by atoms with E-state index < -0.39 is 0 Å². The van der Waals surface area contributed by atoms with E-state index in [2.05, 4.69) is 10.4 Å². The van der Waals surface area contributed by atoms with Gasteiger partial charge >= 0.3 is 0 Å². The molecule has 1 amide bonds. The van der Waals surface area contributed by atoms with Gasteiger partial charge in [0.15, 0.2) is 0 Å². The number of amides is 1. The second-order valence-corrected chi connectivity index (χ2v) is 4.76. The first-order valence-corrected chi connectivity index (χ1v) is 6.83. The largest absolute Gasteiger partial charge is 0.330 e. The summed E-state index contributed by atoms with van der Waals surface area (Å²) in [5, 5.41) is 7.04. The lowest BCUT2D eigenvalue weighted by Gasteiger charge is -2.12. The molecule has 0 bridgehead atoms. The first kappa shape index (κ1) is 14.3. The molecule has 1 aromatic carbocycles. The second kappa shape index (κ2) is 6.86. The number of nitrogens with zero attached hydrogens (tertiary/aromatic N) is 2. The van der Waals surface area contributed by atoms with Crippen molar-refractivity contribution in [2.45, 2.75) is 19.8 Å². The molecule has 0 saturated carbocycles. The zero-order valence-corrected chi connectivity index (χ0v) is 11.6. The Hall–Kier alpha value is -2.14. The maximum Gasteiger partial charge on any atom is 0.224 e. The zero-order chi connectivity index (χ0) is 14.4. The number of hydrogen-bond acceptors (Lipinski definition) is 3. The lowest BCUT2D eigenvalue weighted by Crippen LogP contribution is -2.21. The first-order valence-electron chi connectivity index (χ1n) is 6.83. The average Bonchev–Trinajstić information content (AvgIpc) is 2.99. The smallest absolute Gasteiger partial charge is 0.224 e. The van der Waals surface area contributed by atoms with Gasteiger partial charge in [-0.25, -0.2) is 4.68 Å². The van der Waals surface area contributed by atoms with Gasteiger partial charge in [-0.3, -0.25) is 4.79 Å². The monoisotopic (exact) mass is 272 g/mol. The number of carbonyl (C=O) groups excluding carboxylic acids is 1. The predicted molar refractivity (Wildman–Crippen MR) is 79.6 cm³/mol. The van der Waals surface area contributed by atoms with Crippen LogP contribution in [0.2, 0.25) is 0 Å². The Morgan fingerprint density at radius 3 is 2.70 bits per heavy atom. The van der Waals surface area contributed by atoms with Crippen LogP contribution in [0.4, 0.5) is 5.69 Å². The summed E-state index contributed by atoms with van der Waals surface area (Å²) in [4.78, 5) is 11.9. The molecule has 0 aliphatic rings. The van der Waals surface area contributed by atoms with Crippen molar-refractivity contribution in [3.8, 4) is 5.69 Å². The summed E-state index contributed by atoms with van der Waals surface area (Å²) in [6.45, 7) is 2.59. The van der Waals surface area contributed by atoms with Crippen LogP contribution in [0, 0.1) is 5.92 Å². The first-order chi connectivity index (χ1) is 9.72. The van der Waals surface area contributed by atoms with Crippen LogP contribution in [0.3, 0.4) is 0 Å². The third-order valence-corrected chi connectivity index (χ3v) is 3.30. The normalized spacial score (nSPS) is 12.1. The molecule has 0 spiro atoms. The highest BCUT2D eigenvalue weighted by Gasteiger charge is 2.10. The minimum absolute atomic E-state index is 0.00846. The average molecular weight is 272 g/mol. The summed E-state index contributed by atoms with van der Waals surface area (Å²) < 4.78 is 1.77. The van der Waals surface area contributed by atoms with Crippen LogP contribution >= 0.6 is 0 Å². The van der Waals surface area contributed by atoms with Gasteiger partial charge < -0.3 is 11.1 Å². The molecule has 1 atom stereocenters. The van der Waals surface area contributed by atoms with E-state index in [0.717, 1.165) is 17.8 Å². The van der Waals surface area contributed by atoms with Crippen LogP contribution in [0.1, 0.15) is 19.8 Å². The summed E-state index contributed by atoms with van der Waals surface area (Å²) >= 11 is 0. The van der Waals surface area contributed by atoms with Gasteiger partial charge in [-0.15, -0.1) is 0 Å². The summed E-state index contributed by atoms with van der Waals surface area (Å²) in [5.41, 5.74) is 7.36. The molecule has 5 nitrogen and oxygen atoms in total. The van der Waals surface area contributed by atoms with Crippen molar-refractivity contribution >= 4 is 11.6 Å². The third kappa shape index (κ3) is 3.68. The maximum absolute atomic E-state index is 11.9. The fourth-order valence-electron chi connectivity index (χ4n) is 1.99. The Labute approximate surface area is 118 Å². The summed E-state index contributed by atoms with van der Waals surface area (Å²) in [5.74, 6) is 0.257. The fraction of sp³-hybridized carbons (Fsp3) is 0.333. The molecule has 0 aliphatic carbocycles. The van der Waals surface area contributed by atoms with Crippen LogP contribution in [0.15, 0.2) is 42.7 Å². The topological polar surface area (TPSA) is 72.9 Å². The van der Waals surface area contributed by atoms with Crippen LogP contribution in [0.5, 0.6) is 0 Å². The summed E-state index contributed by atoms with van der Waals surface area (Å²) in [6.07, 6.45) is 4.99. The molecule has 3 N–H and O–H groups in total. The zero-order valence-electron chi connectivity index (χ0n) is 11.6. The van der Waals surface area contributed by atoms with Crippen LogP contribution in [-0.2, 0) is 4.79 Å². The molecule has 20 heavy (non-hydrogen) atoms. The molecule has 1 aromatic heterocycles. The lowest BCUT2D eigenvalue weighted by atomic mass is 10.0. The molecule has 5 heteroatoms. The van der Waals surface area contributed by atoms with E-state index in [-0.39, 0.29) is 11.8 Å². The van der Waals surface area contributed by atoms with Gasteiger partial charge in [-0.1, -0.05) is 13.3 Å². The van der Waals surface area contributed by atoms with Gasteiger partial charge in [0.1, 0.15) is 0 Å². The van der Waals surface area contributed by atoms with Crippen molar-refractivity contribution in [1.82, 2.24) is 9.78 Å². The summed E-state index contributed by atoms with van der Waals surface area (Å²) in [7, 11) is 0. The standard InChI is InChI=1S/C15H20N4O/c1-2-12(11-16)10-15(20)18-13-4-6-14(7-5-13)19-9-3-8-17-19/h3-9,12H,2,10-11,16H2,1H3,(H,18,20). The molecule has 0 radical (unpaired) electrons. The van der Waals surface area contributed by atoms with E-state index >= 15 is 0 Å². The highest BCUT2D eigenvalue weighted by Crippen LogP contribution is 2.14. The molecular formula is C15H20N4O. The molecule has 1 heterocycles. The molecule has 0 aliphatic heterocycles. The Morgan fingerprint density at radius 1 is 1.40 bits per heavy atom. The van der Waals surface area contributed by atoms with Gasteiger partial charge in [0, 0.05) is 24.5 Å². The lowest BCUT2D eigenvalue weighted by molar-refractivity contribution is -0.117. The van der Waals surface area contributed by atoms with Crippen LogP contribution < -0.4 is 11.1 Å². The number of hydrogen-bond donors (Lipinski definition) is 2. The van der Waals surface area contributed by atoms with E-state index in [9.17, 15) is 4.79 Å². The number of nitrogens with two attached hydrogens (primary N) is 1. The molecule has 2 aromatic rings. The van der Waals surface area contributed by atoms with Gasteiger partial charge in [-0.05, 0) is 42.8 Å². The van der Waals surface area contributed by atoms with Crippen LogP contribution in [-0.4, -0.2) is 22.2 Å². The number of anilines is 1. The van der Waals surface area contributed by atoms with Gasteiger partial charge in [0.25, 0.3) is 0 Å². The number of aromatic nitrogens is 2. The van der Waals surface area contributed by atoms with E-state index in [0.29, 0.717) is 13.0 Å². The van der Waals surface area contributed by atoms with Gasteiger partial charge in [-0.2, -0.15) is 5.10 Å². The molecule has 2 rings (SSSR count). The highest BCUT2D eigenvalue weighted by molar-refractivity contribution is 5.90. The van der Waals surface area contributed by atoms with Gasteiger partial charge in [0.05, 0.1) is 5.69 Å².